The number of nitrogens with zero attached hydrogens (tertiary/aromatic N) is 1. The first-order chi connectivity index (χ1) is 9.71. The highest BCUT2D eigenvalue weighted by molar-refractivity contribution is 5.92. The van der Waals surface area contributed by atoms with Gasteiger partial charge in [-0.15, -0.1) is 0 Å². The highest BCUT2D eigenvalue weighted by Gasteiger charge is 2.15. The fourth-order valence-electron chi connectivity index (χ4n) is 2.05. The molecule has 0 aromatic heterocycles. The lowest BCUT2D eigenvalue weighted by atomic mass is 9.87. The van der Waals surface area contributed by atoms with Crippen LogP contribution in [0.25, 0.3) is 0 Å². The first-order valence-electron chi connectivity index (χ1n) is 7.30. The molecule has 1 N–H and O–H groups in total. The average Bonchev–Trinajstić information content (AvgIpc) is 2.41. The number of anilines is 1. The number of carboxylic acids is 1. The van der Waals surface area contributed by atoms with E-state index in [0.717, 1.165) is 5.69 Å². The van der Waals surface area contributed by atoms with Gasteiger partial charge in [0.1, 0.15) is 0 Å². The second kappa shape index (κ2) is 7.25. The Morgan fingerprint density at radius 2 is 1.57 bits per heavy atom. The molecule has 21 heavy (non-hydrogen) atoms. The zero-order valence-corrected chi connectivity index (χ0v) is 13.3. The molecule has 1 amide bonds. The number of carbonyl (C=O) groups excluding carboxylic acids is 1. The molecule has 0 fully saturated rings. The Morgan fingerprint density at radius 1 is 1.05 bits per heavy atom. The van der Waals surface area contributed by atoms with E-state index in [-0.39, 0.29) is 17.7 Å². The van der Waals surface area contributed by atoms with Crippen LogP contribution in [0, 0.1) is 0 Å². The van der Waals surface area contributed by atoms with Crippen LogP contribution >= 0.6 is 0 Å². The molecule has 0 aliphatic heterocycles. The van der Waals surface area contributed by atoms with E-state index in [1.165, 1.54) is 5.56 Å². The van der Waals surface area contributed by atoms with E-state index < -0.39 is 5.97 Å². The van der Waals surface area contributed by atoms with Crippen molar-refractivity contribution < 1.29 is 14.7 Å². The van der Waals surface area contributed by atoms with Crippen LogP contribution in [0.2, 0.25) is 0 Å². The molecule has 1 rings (SSSR count). The van der Waals surface area contributed by atoms with Crippen LogP contribution in [0.1, 0.15) is 52.0 Å². The fraction of sp³-hybridized carbons (Fsp3) is 0.529. The maximum Gasteiger partial charge on any atom is 0.303 e. The number of unbranched alkanes of at least 4 members (excludes halogenated alkanes) is 1. The van der Waals surface area contributed by atoms with Crippen molar-refractivity contribution in [3.63, 3.8) is 0 Å². The molecular weight excluding hydrogens is 266 g/mol. The Morgan fingerprint density at radius 3 is 2.05 bits per heavy atom. The average molecular weight is 291 g/mol. The summed E-state index contributed by atoms with van der Waals surface area (Å²) in [5.41, 5.74) is 2.19. The van der Waals surface area contributed by atoms with Crippen LogP contribution in [0.4, 0.5) is 5.69 Å². The van der Waals surface area contributed by atoms with Crippen molar-refractivity contribution in [3.8, 4) is 0 Å². The third-order valence-electron chi connectivity index (χ3n) is 3.53. The summed E-state index contributed by atoms with van der Waals surface area (Å²) in [4.78, 5) is 24.1. The molecule has 0 radical (unpaired) electrons. The number of benzene rings is 1. The van der Waals surface area contributed by atoms with Gasteiger partial charge in [0.05, 0.1) is 0 Å². The molecule has 1 aromatic rings. The molecule has 0 atom stereocenters. The maximum absolute atomic E-state index is 12.0. The largest absolute Gasteiger partial charge is 0.481 e. The predicted octanol–water partition coefficient (Wildman–Crippen LogP) is 3.59. The first kappa shape index (κ1) is 17.2. The van der Waals surface area contributed by atoms with Crippen LogP contribution in [0.5, 0.6) is 0 Å². The van der Waals surface area contributed by atoms with Crippen molar-refractivity contribution in [2.75, 3.05) is 11.9 Å². The van der Waals surface area contributed by atoms with Gasteiger partial charge in [-0.25, -0.2) is 0 Å². The molecule has 0 bridgehead atoms. The van der Waals surface area contributed by atoms with Gasteiger partial charge in [0.2, 0.25) is 5.91 Å². The van der Waals surface area contributed by atoms with Crippen LogP contribution in [-0.4, -0.2) is 24.0 Å². The molecular formula is C17H25NO3. The summed E-state index contributed by atoms with van der Waals surface area (Å²) in [5, 5.41) is 8.56. The van der Waals surface area contributed by atoms with E-state index in [2.05, 4.69) is 20.8 Å². The van der Waals surface area contributed by atoms with E-state index in [9.17, 15) is 9.59 Å². The van der Waals surface area contributed by atoms with E-state index in [1.807, 2.05) is 24.3 Å². The van der Waals surface area contributed by atoms with Crippen molar-refractivity contribution in [1.82, 2.24) is 0 Å². The van der Waals surface area contributed by atoms with E-state index in [1.54, 1.807) is 11.9 Å². The van der Waals surface area contributed by atoms with Crippen molar-refractivity contribution >= 4 is 17.6 Å². The Labute approximate surface area is 126 Å². The Hall–Kier alpha value is -1.84. The number of carbonyl (C=O) groups is 2. The van der Waals surface area contributed by atoms with Crippen LogP contribution in [-0.2, 0) is 15.0 Å². The van der Waals surface area contributed by atoms with Crippen molar-refractivity contribution in [3.05, 3.63) is 29.8 Å². The molecule has 116 valence electrons. The molecule has 0 aliphatic carbocycles. The van der Waals surface area contributed by atoms with Crippen LogP contribution in [0.15, 0.2) is 24.3 Å². The fourth-order valence-corrected chi connectivity index (χ4v) is 2.05. The number of hydrogen-bond acceptors (Lipinski definition) is 2. The smallest absolute Gasteiger partial charge is 0.303 e. The summed E-state index contributed by atoms with van der Waals surface area (Å²) in [6, 6.07) is 8.00. The topological polar surface area (TPSA) is 57.6 Å². The Bertz CT molecular complexity index is 486. The monoisotopic (exact) mass is 291 g/mol. The lowest BCUT2D eigenvalue weighted by Crippen LogP contribution is -2.26. The van der Waals surface area contributed by atoms with Gasteiger partial charge in [0.25, 0.3) is 0 Å². The quantitative estimate of drug-likeness (QED) is 0.815. The summed E-state index contributed by atoms with van der Waals surface area (Å²) < 4.78 is 0. The third kappa shape index (κ3) is 5.58. The molecule has 0 heterocycles. The van der Waals surface area contributed by atoms with E-state index in [0.29, 0.717) is 19.3 Å². The predicted molar refractivity (Wildman–Crippen MR) is 84.7 cm³/mol. The lowest BCUT2D eigenvalue weighted by molar-refractivity contribution is -0.137. The molecule has 4 heteroatoms. The van der Waals surface area contributed by atoms with Gasteiger partial charge in [-0.2, -0.15) is 0 Å². The number of aliphatic carboxylic acids is 1. The number of rotatable bonds is 6. The minimum Gasteiger partial charge on any atom is -0.481 e. The number of amides is 1. The number of hydrogen-bond donors (Lipinski definition) is 1. The van der Waals surface area contributed by atoms with Gasteiger partial charge in [0.15, 0.2) is 0 Å². The number of carboxylic acid groups (broad SMARTS) is 1. The molecule has 0 saturated heterocycles. The lowest BCUT2D eigenvalue weighted by Gasteiger charge is -2.22. The normalized spacial score (nSPS) is 11.2. The second-order valence-electron chi connectivity index (χ2n) is 6.35. The summed E-state index contributed by atoms with van der Waals surface area (Å²) in [5.74, 6) is -0.794. The van der Waals surface area contributed by atoms with Gasteiger partial charge in [0, 0.05) is 25.6 Å². The molecule has 0 aliphatic rings. The second-order valence-corrected chi connectivity index (χ2v) is 6.35. The van der Waals surface area contributed by atoms with Crippen LogP contribution in [0.3, 0.4) is 0 Å². The molecule has 4 nitrogen and oxygen atoms in total. The third-order valence-corrected chi connectivity index (χ3v) is 3.53. The molecule has 1 aromatic carbocycles. The van der Waals surface area contributed by atoms with Gasteiger partial charge < -0.3 is 10.0 Å². The molecule has 0 saturated carbocycles. The van der Waals surface area contributed by atoms with Gasteiger partial charge in [-0.1, -0.05) is 32.9 Å². The van der Waals surface area contributed by atoms with Crippen molar-refractivity contribution in [2.24, 2.45) is 0 Å². The first-order valence-corrected chi connectivity index (χ1v) is 7.30. The van der Waals surface area contributed by atoms with Gasteiger partial charge in [-0.3, -0.25) is 9.59 Å². The zero-order valence-electron chi connectivity index (χ0n) is 13.3. The Kier molecular flexibility index (Phi) is 5.94. The van der Waals surface area contributed by atoms with E-state index >= 15 is 0 Å². The highest BCUT2D eigenvalue weighted by atomic mass is 16.4. The molecule has 0 unspecified atom stereocenters. The zero-order chi connectivity index (χ0) is 16.0. The maximum atomic E-state index is 12.0. The summed E-state index contributed by atoms with van der Waals surface area (Å²) in [6.07, 6.45) is 1.65. The van der Waals surface area contributed by atoms with Gasteiger partial charge in [-0.05, 0) is 36.0 Å². The minimum absolute atomic E-state index is 0.0175. The van der Waals surface area contributed by atoms with Gasteiger partial charge >= 0.3 is 5.97 Å². The summed E-state index contributed by atoms with van der Waals surface area (Å²) in [7, 11) is 1.76. The van der Waals surface area contributed by atoms with Crippen molar-refractivity contribution in [1.29, 1.82) is 0 Å². The molecule has 0 spiro atoms. The standard InChI is InChI=1S/C17H25NO3/c1-17(2,3)13-9-11-14(12-10-13)18(4)15(19)7-5-6-8-16(20)21/h9-12H,5-8H2,1-4H3,(H,20,21). The summed E-state index contributed by atoms with van der Waals surface area (Å²) >= 11 is 0. The SMILES string of the molecule is CN(C(=O)CCCCC(=O)O)c1ccc(C(C)(C)C)cc1. The minimum atomic E-state index is -0.812. The van der Waals surface area contributed by atoms with Crippen LogP contribution < -0.4 is 4.90 Å². The van der Waals surface area contributed by atoms with Crippen molar-refractivity contribution in [2.45, 2.75) is 51.9 Å². The Balaban J connectivity index is 2.56. The highest BCUT2D eigenvalue weighted by Crippen LogP contribution is 2.24. The van der Waals surface area contributed by atoms with E-state index in [4.69, 9.17) is 5.11 Å². The summed E-state index contributed by atoms with van der Waals surface area (Å²) in [6.45, 7) is 6.46.